The summed E-state index contributed by atoms with van der Waals surface area (Å²) in [6.45, 7) is 3.69. The van der Waals surface area contributed by atoms with Gasteiger partial charge in [-0.15, -0.1) is 0 Å². The normalized spacial score (nSPS) is 16.7. The third-order valence-corrected chi connectivity index (χ3v) is 6.36. The summed E-state index contributed by atoms with van der Waals surface area (Å²) in [5.41, 5.74) is 2.87. The molecule has 3 heterocycles. The maximum Gasteiger partial charge on any atom is 0.257 e. The third-order valence-electron chi connectivity index (χ3n) is 6.03. The van der Waals surface area contributed by atoms with Gasteiger partial charge in [0.05, 0.1) is 10.6 Å². The Labute approximate surface area is 193 Å². The Hall–Kier alpha value is -2.90. The summed E-state index contributed by atoms with van der Waals surface area (Å²) < 4.78 is 7.81. The van der Waals surface area contributed by atoms with Crippen LogP contribution >= 0.6 is 11.6 Å². The van der Waals surface area contributed by atoms with Gasteiger partial charge in [-0.2, -0.15) is 0 Å². The van der Waals surface area contributed by atoms with E-state index in [1.807, 2.05) is 24.6 Å². The minimum atomic E-state index is -0.250. The molecular weight excluding hydrogens is 426 g/mol. The maximum absolute atomic E-state index is 12.7. The zero-order valence-electron chi connectivity index (χ0n) is 18.6. The lowest BCUT2D eigenvalue weighted by atomic mass is 10.0. The molecule has 0 radical (unpaired) electrons. The number of ether oxygens (including phenoxy) is 1. The van der Waals surface area contributed by atoms with Crippen LogP contribution in [0.15, 0.2) is 42.7 Å². The number of imidazole rings is 1. The van der Waals surface area contributed by atoms with Crippen molar-refractivity contribution in [1.82, 2.24) is 19.4 Å². The van der Waals surface area contributed by atoms with Gasteiger partial charge in [-0.3, -0.25) is 4.79 Å². The average molecular weight is 454 g/mol. The van der Waals surface area contributed by atoms with E-state index in [9.17, 15) is 4.79 Å². The summed E-state index contributed by atoms with van der Waals surface area (Å²) in [6.07, 6.45) is 6.94. The number of hydrogen-bond acceptors (Lipinski definition) is 5. The molecule has 3 aromatic rings. The minimum absolute atomic E-state index is 0.250. The predicted molar refractivity (Wildman–Crippen MR) is 126 cm³/mol. The number of likely N-dealkylation sites (N-methyl/N-ethyl adjacent to an activating group) is 1. The minimum Gasteiger partial charge on any atom is -0.476 e. The fourth-order valence-electron chi connectivity index (χ4n) is 3.86. The van der Waals surface area contributed by atoms with Crippen molar-refractivity contribution in [3.05, 3.63) is 59.0 Å². The van der Waals surface area contributed by atoms with Crippen LogP contribution in [0.1, 0.15) is 35.3 Å². The van der Waals surface area contributed by atoms with Crippen LogP contribution in [-0.4, -0.2) is 51.6 Å². The highest BCUT2D eigenvalue weighted by molar-refractivity contribution is 6.33. The molecule has 1 aromatic carbocycles. The summed E-state index contributed by atoms with van der Waals surface area (Å²) in [4.78, 5) is 23.8. The second-order valence-corrected chi connectivity index (χ2v) is 8.66. The van der Waals surface area contributed by atoms with Crippen molar-refractivity contribution in [2.75, 3.05) is 25.5 Å². The Bertz CT molecular complexity index is 1100. The predicted octanol–water partition coefficient (Wildman–Crippen LogP) is 4.56. The van der Waals surface area contributed by atoms with Crippen molar-refractivity contribution >= 4 is 23.2 Å². The molecule has 0 aliphatic carbocycles. The van der Waals surface area contributed by atoms with Crippen molar-refractivity contribution in [2.24, 2.45) is 7.05 Å². The first kappa shape index (κ1) is 22.3. The molecule has 2 aromatic heterocycles. The van der Waals surface area contributed by atoms with E-state index in [1.165, 1.54) is 19.0 Å². The van der Waals surface area contributed by atoms with E-state index in [4.69, 9.17) is 16.3 Å². The van der Waals surface area contributed by atoms with Crippen LogP contribution in [0.3, 0.4) is 0 Å². The number of nitrogens with zero attached hydrogens (tertiary/aromatic N) is 4. The van der Waals surface area contributed by atoms with Crippen LogP contribution < -0.4 is 10.1 Å². The standard InChI is InChI=1S/C24H28ClN5O2/c1-16-13-27-23(30(16)3)20-12-18(8-9-21(20)25)28-24(31)17-7-10-22(26-14-17)32-15-19-6-4-5-11-29(19)2/h7-10,12-14,19H,4-6,11,15H2,1-3H3,(H,28,31)/t19-/m0/s1. The van der Waals surface area contributed by atoms with Gasteiger partial charge in [-0.05, 0) is 57.6 Å². The molecule has 1 aliphatic rings. The van der Waals surface area contributed by atoms with Gasteiger partial charge in [0, 0.05) is 48.5 Å². The lowest BCUT2D eigenvalue weighted by Gasteiger charge is -2.31. The molecule has 0 spiro atoms. The van der Waals surface area contributed by atoms with Crippen LogP contribution in [0.2, 0.25) is 5.02 Å². The highest BCUT2D eigenvalue weighted by atomic mass is 35.5. The maximum atomic E-state index is 12.7. The van der Waals surface area contributed by atoms with Crippen LogP contribution in [0, 0.1) is 6.92 Å². The van der Waals surface area contributed by atoms with Gasteiger partial charge in [0.2, 0.25) is 5.88 Å². The summed E-state index contributed by atoms with van der Waals surface area (Å²) in [5.74, 6) is 1.02. The first-order valence-electron chi connectivity index (χ1n) is 10.8. The molecule has 7 nitrogen and oxygen atoms in total. The van der Waals surface area contributed by atoms with Crippen molar-refractivity contribution in [3.63, 3.8) is 0 Å². The zero-order chi connectivity index (χ0) is 22.7. The average Bonchev–Trinajstić information content (AvgIpc) is 3.13. The summed E-state index contributed by atoms with van der Waals surface area (Å²) in [5, 5.41) is 3.48. The number of benzene rings is 1. The third kappa shape index (κ3) is 4.95. The quantitative estimate of drug-likeness (QED) is 0.592. The van der Waals surface area contributed by atoms with Crippen LogP contribution in [-0.2, 0) is 7.05 Å². The van der Waals surface area contributed by atoms with Gasteiger partial charge >= 0.3 is 0 Å². The number of piperidine rings is 1. The van der Waals surface area contributed by atoms with Crippen LogP contribution in [0.4, 0.5) is 5.69 Å². The summed E-state index contributed by atoms with van der Waals surface area (Å²) >= 11 is 6.38. The molecule has 1 atom stereocenters. The Balaban J connectivity index is 1.40. The fourth-order valence-corrected chi connectivity index (χ4v) is 4.06. The number of anilines is 1. The van der Waals surface area contributed by atoms with E-state index in [0.717, 1.165) is 30.0 Å². The van der Waals surface area contributed by atoms with Crippen LogP contribution in [0.5, 0.6) is 5.88 Å². The smallest absolute Gasteiger partial charge is 0.257 e. The number of halogens is 1. The van der Waals surface area contributed by atoms with Gasteiger partial charge in [0.1, 0.15) is 12.4 Å². The highest BCUT2D eigenvalue weighted by Gasteiger charge is 2.19. The molecule has 1 amide bonds. The topological polar surface area (TPSA) is 72.3 Å². The Kier molecular flexibility index (Phi) is 6.77. The SMILES string of the molecule is Cc1cnc(-c2cc(NC(=O)c3ccc(OC[C@@H]4CCCCN4C)nc3)ccc2Cl)n1C. The second kappa shape index (κ2) is 9.71. The molecule has 8 heteroatoms. The zero-order valence-corrected chi connectivity index (χ0v) is 19.4. The summed E-state index contributed by atoms with van der Waals surface area (Å²) in [6, 6.07) is 9.23. The number of hydrogen-bond donors (Lipinski definition) is 1. The Morgan fingerprint density at radius 2 is 2.03 bits per heavy atom. The lowest BCUT2D eigenvalue weighted by Crippen LogP contribution is -2.40. The van der Waals surface area contributed by atoms with Gasteiger partial charge < -0.3 is 19.5 Å². The number of aryl methyl sites for hydroxylation is 1. The number of likely N-dealkylation sites (tertiary alicyclic amines) is 1. The van der Waals surface area contributed by atoms with Crippen molar-refractivity contribution in [1.29, 1.82) is 0 Å². The molecule has 4 rings (SSSR count). The van der Waals surface area contributed by atoms with Gasteiger partial charge in [-0.1, -0.05) is 18.0 Å². The monoisotopic (exact) mass is 453 g/mol. The van der Waals surface area contributed by atoms with Crippen molar-refractivity contribution in [2.45, 2.75) is 32.2 Å². The molecule has 1 N–H and O–H groups in total. The molecule has 1 saturated heterocycles. The Morgan fingerprint density at radius 1 is 1.19 bits per heavy atom. The van der Waals surface area contributed by atoms with E-state index in [2.05, 4.69) is 27.2 Å². The van der Waals surface area contributed by atoms with E-state index < -0.39 is 0 Å². The van der Waals surface area contributed by atoms with Gasteiger partial charge in [-0.25, -0.2) is 9.97 Å². The lowest BCUT2D eigenvalue weighted by molar-refractivity contribution is 0.102. The Morgan fingerprint density at radius 3 is 2.72 bits per heavy atom. The first-order chi connectivity index (χ1) is 15.4. The summed E-state index contributed by atoms with van der Waals surface area (Å²) in [7, 11) is 4.06. The van der Waals surface area contributed by atoms with Crippen LogP contribution in [0.25, 0.3) is 11.4 Å². The van der Waals surface area contributed by atoms with E-state index in [-0.39, 0.29) is 5.91 Å². The van der Waals surface area contributed by atoms with E-state index >= 15 is 0 Å². The van der Waals surface area contributed by atoms with Crippen molar-refractivity contribution < 1.29 is 9.53 Å². The molecule has 32 heavy (non-hydrogen) atoms. The molecule has 1 fully saturated rings. The number of nitrogens with one attached hydrogen (secondary N) is 1. The molecule has 168 valence electrons. The molecule has 1 aliphatic heterocycles. The highest BCUT2D eigenvalue weighted by Crippen LogP contribution is 2.30. The number of carbonyl (C=O) groups is 1. The molecule has 0 unspecified atom stereocenters. The van der Waals surface area contributed by atoms with E-state index in [1.54, 1.807) is 30.5 Å². The van der Waals surface area contributed by atoms with Gasteiger partial charge in [0.15, 0.2) is 0 Å². The number of pyridine rings is 1. The van der Waals surface area contributed by atoms with E-state index in [0.29, 0.717) is 34.8 Å². The molecule has 0 bridgehead atoms. The number of amides is 1. The molecule has 0 saturated carbocycles. The number of carbonyl (C=O) groups excluding carboxylic acids is 1. The largest absolute Gasteiger partial charge is 0.476 e. The number of aromatic nitrogens is 3. The second-order valence-electron chi connectivity index (χ2n) is 8.26. The van der Waals surface area contributed by atoms with Crippen molar-refractivity contribution in [3.8, 4) is 17.3 Å². The fraction of sp³-hybridized carbons (Fsp3) is 0.375. The first-order valence-corrected chi connectivity index (χ1v) is 11.2. The molecular formula is C24H28ClN5O2. The number of rotatable bonds is 6. The van der Waals surface area contributed by atoms with Gasteiger partial charge in [0.25, 0.3) is 5.91 Å².